The molecular weight excluding hydrogens is 1000 g/mol. The summed E-state index contributed by atoms with van der Waals surface area (Å²) in [6, 6.07) is 63.7. The monoisotopic (exact) mass is 1060 g/mol. The van der Waals surface area contributed by atoms with Gasteiger partial charge in [-0.3, -0.25) is 19.3 Å². The third-order valence-electron chi connectivity index (χ3n) is 14.8. The maximum absolute atomic E-state index is 15.1. The predicted molar refractivity (Wildman–Crippen MR) is 318 cm³/mol. The minimum absolute atomic E-state index is 0.226. The van der Waals surface area contributed by atoms with Gasteiger partial charge < -0.3 is 38.8 Å². The van der Waals surface area contributed by atoms with Gasteiger partial charge in [0.05, 0.1) is 51.0 Å². The van der Waals surface area contributed by atoms with Crippen LogP contribution in [-0.4, -0.2) is 74.2 Å². The van der Waals surface area contributed by atoms with Crippen LogP contribution >= 0.6 is 0 Å². The highest BCUT2D eigenvalue weighted by molar-refractivity contribution is 6.30. The van der Waals surface area contributed by atoms with Gasteiger partial charge in [0.2, 0.25) is 0 Å². The molecule has 0 unspecified atom stereocenters. The Morgan fingerprint density at radius 3 is 0.950 bits per heavy atom. The lowest BCUT2D eigenvalue weighted by atomic mass is 9.98. The van der Waals surface area contributed by atoms with E-state index in [-0.39, 0.29) is 17.1 Å². The molecule has 0 saturated carbocycles. The zero-order valence-electron chi connectivity index (χ0n) is 45.7. The normalized spacial score (nSPS) is 13.0. The van der Waals surface area contributed by atoms with Gasteiger partial charge in [-0.15, -0.1) is 0 Å². The smallest absolute Gasteiger partial charge is 0.323 e. The quantitative estimate of drug-likeness (QED) is 0.0620. The molecule has 0 aromatic heterocycles. The lowest BCUT2D eigenvalue weighted by molar-refractivity contribution is -0.140. The van der Waals surface area contributed by atoms with Crippen LogP contribution in [0.5, 0.6) is 23.0 Å². The van der Waals surface area contributed by atoms with Crippen molar-refractivity contribution in [3.8, 4) is 45.3 Å². The molecule has 0 saturated heterocycles. The number of carbonyl (C=O) groups is 3. The molecule has 12 nitrogen and oxygen atoms in total. The molecule has 80 heavy (non-hydrogen) atoms. The van der Waals surface area contributed by atoms with E-state index in [1.165, 1.54) is 4.90 Å². The number of aliphatic carboxylic acids is 1. The molecule has 12 heteroatoms. The summed E-state index contributed by atoms with van der Waals surface area (Å²) in [5.74, 6) is 1.04. The fourth-order valence-corrected chi connectivity index (χ4v) is 10.6. The second kappa shape index (κ2) is 24.4. The van der Waals surface area contributed by atoms with Crippen molar-refractivity contribution in [1.82, 2.24) is 9.80 Å². The maximum Gasteiger partial charge on any atom is 0.323 e. The molecule has 8 aromatic rings. The van der Waals surface area contributed by atoms with Crippen molar-refractivity contribution in [2.75, 3.05) is 51.3 Å². The Labute approximate surface area is 468 Å². The van der Waals surface area contributed by atoms with Crippen LogP contribution in [0.4, 0.5) is 34.1 Å². The summed E-state index contributed by atoms with van der Waals surface area (Å²) in [5, 5.41) is 10.3. The summed E-state index contributed by atoms with van der Waals surface area (Å²) >= 11 is 0. The Hall–Kier alpha value is -9.55. The van der Waals surface area contributed by atoms with Crippen molar-refractivity contribution in [1.29, 1.82) is 0 Å². The number of carboxylic acid groups (broad SMARTS) is 1. The Bertz CT molecular complexity index is 3430. The van der Waals surface area contributed by atoms with Crippen molar-refractivity contribution >= 4 is 63.3 Å². The Morgan fingerprint density at radius 2 is 0.637 bits per heavy atom. The lowest BCUT2D eigenvalue weighted by Gasteiger charge is -2.26. The van der Waals surface area contributed by atoms with Crippen molar-refractivity contribution in [2.45, 2.75) is 45.4 Å². The zero-order chi connectivity index (χ0) is 55.7. The van der Waals surface area contributed by atoms with Crippen LogP contribution in [0.2, 0.25) is 0 Å². The number of rotatable bonds is 23. The van der Waals surface area contributed by atoms with Crippen molar-refractivity contribution in [3.63, 3.8) is 0 Å². The summed E-state index contributed by atoms with van der Waals surface area (Å²) in [5.41, 5.74) is 12.0. The standard InChI is InChI=1S/C68H64N4O8/c1-6-7-8-9-10-11-44-69-65(50-16-12-46(13-17-50)48-20-24-52(25-21-48)71(54-28-36-58(77-2)37-29-54)55-30-38-59(78-3)39-31-55)63-64(67(69)75)66(70(68(63)76)45-62(73)74)51-18-14-47(15-19-51)49-22-26-53(27-23-49)72(56-32-40-60(79-4)41-33-56)57-34-42-61(80-5)43-35-57/h12-43H,6-11,44-45H2,1-5H3,(H,73,74). The van der Waals surface area contributed by atoms with Gasteiger partial charge >= 0.3 is 5.97 Å². The van der Waals surface area contributed by atoms with E-state index in [1.807, 2.05) is 146 Å². The van der Waals surface area contributed by atoms with Gasteiger partial charge in [-0.2, -0.15) is 0 Å². The molecule has 2 aliphatic heterocycles. The molecule has 2 amide bonds. The lowest BCUT2D eigenvalue weighted by Crippen LogP contribution is -2.33. The van der Waals surface area contributed by atoms with Crippen molar-refractivity contribution < 1.29 is 38.4 Å². The Balaban J connectivity index is 0.971. The number of unbranched alkanes of at least 4 members (excludes halogenated alkanes) is 5. The third kappa shape index (κ3) is 11.2. The van der Waals surface area contributed by atoms with E-state index in [0.717, 1.165) is 118 Å². The second-order valence-electron chi connectivity index (χ2n) is 19.7. The molecule has 0 bridgehead atoms. The minimum atomic E-state index is -1.18. The number of methoxy groups -OCH3 is 4. The summed E-state index contributed by atoms with van der Waals surface area (Å²) in [6.07, 6.45) is 6.13. The zero-order valence-corrected chi connectivity index (χ0v) is 45.7. The van der Waals surface area contributed by atoms with Gasteiger partial charge in [-0.05, 0) is 161 Å². The van der Waals surface area contributed by atoms with Gasteiger partial charge in [0.15, 0.2) is 0 Å². The van der Waals surface area contributed by atoms with Gasteiger partial charge in [0.1, 0.15) is 29.5 Å². The first kappa shape index (κ1) is 53.8. The average molecular weight is 1070 g/mol. The first-order valence-electron chi connectivity index (χ1n) is 27.0. The average Bonchev–Trinajstić information content (AvgIpc) is 3.99. The number of carboxylic acids is 1. The van der Waals surface area contributed by atoms with E-state index in [9.17, 15) is 14.7 Å². The van der Waals surface area contributed by atoms with Crippen LogP contribution in [0, 0.1) is 0 Å². The van der Waals surface area contributed by atoms with Crippen LogP contribution in [0.15, 0.2) is 205 Å². The molecule has 404 valence electrons. The van der Waals surface area contributed by atoms with Crippen LogP contribution < -0.4 is 28.7 Å². The number of benzene rings is 8. The highest BCUT2D eigenvalue weighted by Gasteiger charge is 2.49. The fourth-order valence-electron chi connectivity index (χ4n) is 10.6. The van der Waals surface area contributed by atoms with Gasteiger partial charge in [0, 0.05) is 40.7 Å². The molecule has 0 atom stereocenters. The molecule has 2 aliphatic rings. The number of amides is 2. The SMILES string of the molecule is CCCCCCCCN1C(=O)C2=C(c3ccc(-c4ccc(N(c5ccc(OC)cc5)c5ccc(OC)cc5)cc4)cc3)N(CC(=O)O)C(=O)C2=C1c1ccc(-c2ccc(N(c3ccc(OC)cc3)c3ccc(OC)cc3)cc2)cc1. The van der Waals surface area contributed by atoms with E-state index in [0.29, 0.717) is 29.1 Å². The molecule has 0 radical (unpaired) electrons. The van der Waals surface area contributed by atoms with Crippen molar-refractivity contribution in [3.05, 3.63) is 216 Å². The van der Waals surface area contributed by atoms with Crippen LogP contribution in [0.25, 0.3) is 33.6 Å². The molecule has 0 fully saturated rings. The number of carbonyl (C=O) groups excluding carboxylic acids is 2. The number of hydrogen-bond donors (Lipinski definition) is 1. The largest absolute Gasteiger partial charge is 0.497 e. The van der Waals surface area contributed by atoms with Gasteiger partial charge in [-0.1, -0.05) is 112 Å². The number of hydrogen-bond acceptors (Lipinski definition) is 9. The second-order valence-corrected chi connectivity index (χ2v) is 19.7. The number of nitrogens with zero attached hydrogens (tertiary/aromatic N) is 4. The van der Waals surface area contributed by atoms with E-state index < -0.39 is 18.4 Å². The number of fused-ring (bicyclic) bond motifs is 1. The predicted octanol–water partition coefficient (Wildman–Crippen LogP) is 15.2. The van der Waals surface area contributed by atoms with Crippen LogP contribution in [0.1, 0.15) is 56.6 Å². The third-order valence-corrected chi connectivity index (χ3v) is 14.8. The molecule has 1 N–H and O–H groups in total. The first-order valence-corrected chi connectivity index (χ1v) is 27.0. The minimum Gasteiger partial charge on any atom is -0.497 e. The highest BCUT2D eigenvalue weighted by Crippen LogP contribution is 2.48. The number of ether oxygens (including phenoxy) is 4. The molecule has 8 aromatic carbocycles. The Kier molecular flexibility index (Phi) is 16.4. The summed E-state index contributed by atoms with van der Waals surface area (Å²) < 4.78 is 21.8. The van der Waals surface area contributed by atoms with Crippen LogP contribution in [-0.2, 0) is 14.4 Å². The summed E-state index contributed by atoms with van der Waals surface area (Å²) in [7, 11) is 6.60. The van der Waals surface area contributed by atoms with E-state index >= 15 is 4.79 Å². The maximum atomic E-state index is 15.1. The van der Waals surface area contributed by atoms with E-state index in [2.05, 4.69) is 65.3 Å². The van der Waals surface area contributed by atoms with Gasteiger partial charge in [-0.25, -0.2) is 0 Å². The van der Waals surface area contributed by atoms with E-state index in [4.69, 9.17) is 18.9 Å². The summed E-state index contributed by atoms with van der Waals surface area (Å²) in [6.45, 7) is 1.99. The Morgan fingerprint density at radius 1 is 0.375 bits per heavy atom. The van der Waals surface area contributed by atoms with Gasteiger partial charge in [0.25, 0.3) is 11.8 Å². The van der Waals surface area contributed by atoms with E-state index in [1.54, 1.807) is 33.3 Å². The van der Waals surface area contributed by atoms with Crippen molar-refractivity contribution in [2.24, 2.45) is 0 Å². The number of anilines is 6. The van der Waals surface area contributed by atoms with Crippen LogP contribution in [0.3, 0.4) is 0 Å². The molecule has 0 aliphatic carbocycles. The molecule has 10 rings (SSSR count). The molecular formula is C68H64N4O8. The highest BCUT2D eigenvalue weighted by atomic mass is 16.5. The first-order chi connectivity index (χ1) is 39.1. The topological polar surface area (TPSA) is 121 Å². The molecule has 2 heterocycles. The molecule has 0 spiro atoms. The summed E-state index contributed by atoms with van der Waals surface area (Å²) in [4.78, 5) is 49.8. The fraction of sp³-hybridized carbons (Fsp3) is 0.191.